The van der Waals surface area contributed by atoms with Gasteiger partial charge in [-0.3, -0.25) is 0 Å². The van der Waals surface area contributed by atoms with Crippen LogP contribution < -0.4 is 5.73 Å². The van der Waals surface area contributed by atoms with E-state index in [0.717, 1.165) is 10.2 Å². The Morgan fingerprint density at radius 2 is 2.30 bits per heavy atom. The van der Waals surface area contributed by atoms with Crippen molar-refractivity contribution in [1.29, 1.82) is 0 Å². The smallest absolute Gasteiger partial charge is 0.383 e. The van der Waals surface area contributed by atoms with E-state index in [1.54, 1.807) is 0 Å². The minimum absolute atomic E-state index is 0.213. The zero-order valence-electron chi connectivity index (χ0n) is 9.86. The molecule has 2 N–H and O–H groups in total. The molecule has 0 saturated carbocycles. The molecule has 0 saturated heterocycles. The number of nitrogens with two attached hydrogens (primary N) is 1. The molecule has 0 fully saturated rings. The van der Waals surface area contributed by atoms with Crippen LogP contribution in [0.15, 0.2) is 22.1 Å². The van der Waals surface area contributed by atoms with Crippen molar-refractivity contribution < 1.29 is 4.92 Å². The maximum absolute atomic E-state index is 10.7. The first-order valence-corrected chi connectivity index (χ1v) is 7.09. The third kappa shape index (κ3) is 2.23. The summed E-state index contributed by atoms with van der Waals surface area (Å²) in [5.41, 5.74) is 5.85. The maximum atomic E-state index is 10.7. The molecule has 0 bridgehead atoms. The van der Waals surface area contributed by atoms with Gasteiger partial charge in [-0.25, -0.2) is 9.97 Å². The van der Waals surface area contributed by atoms with Crippen molar-refractivity contribution in [2.45, 2.75) is 6.54 Å². The maximum Gasteiger partial charge on any atom is 0.404 e. The molecule has 3 aromatic heterocycles. The summed E-state index contributed by atoms with van der Waals surface area (Å²) in [6.07, 6.45) is 1.51. The van der Waals surface area contributed by atoms with Gasteiger partial charge >= 0.3 is 5.82 Å². The summed E-state index contributed by atoms with van der Waals surface area (Å²) in [6.45, 7) is 0.213. The fourth-order valence-corrected chi connectivity index (χ4v) is 2.98. The number of hydrogen-bond donors (Lipinski definition) is 1. The summed E-state index contributed by atoms with van der Waals surface area (Å²) < 4.78 is 1.71. The summed E-state index contributed by atoms with van der Waals surface area (Å²) >= 11 is 4.55. The van der Waals surface area contributed by atoms with E-state index in [1.165, 1.54) is 22.2 Å². The first-order valence-electron chi connectivity index (χ1n) is 5.41. The van der Waals surface area contributed by atoms with Gasteiger partial charge in [0.2, 0.25) is 0 Å². The lowest BCUT2D eigenvalue weighted by molar-refractivity contribution is -0.390. The predicted molar refractivity (Wildman–Crippen MR) is 77.5 cm³/mol. The summed E-state index contributed by atoms with van der Waals surface area (Å²) in [5, 5.41) is 17.3. The van der Waals surface area contributed by atoms with Gasteiger partial charge in [0.05, 0.1) is 16.7 Å². The van der Waals surface area contributed by atoms with Crippen molar-refractivity contribution in [3.05, 3.63) is 38.1 Å². The van der Waals surface area contributed by atoms with E-state index in [9.17, 15) is 10.1 Å². The number of rotatable bonds is 3. The molecule has 0 atom stereocenters. The lowest BCUT2D eigenvalue weighted by Crippen LogP contribution is -2.07. The number of aromatic nitrogens is 4. The van der Waals surface area contributed by atoms with Crippen molar-refractivity contribution in [2.75, 3.05) is 5.73 Å². The van der Waals surface area contributed by atoms with Crippen LogP contribution in [0.1, 0.15) is 5.82 Å². The number of nitrogen functional groups attached to an aromatic ring is 1. The molecule has 8 nitrogen and oxygen atoms in total. The zero-order valence-corrected chi connectivity index (χ0v) is 12.3. The number of hydrogen-bond acceptors (Lipinski definition) is 7. The van der Waals surface area contributed by atoms with E-state index in [4.69, 9.17) is 5.73 Å². The van der Waals surface area contributed by atoms with E-state index < -0.39 is 4.92 Å². The standard InChI is InChI=1S/C10H7BrN6O2S/c11-6-3-16(15-9(6)17(18)19)4-7-13-8(12)5-1-2-20-10(5)14-7/h1-3H,4H2,(H2,12,13,14). The highest BCUT2D eigenvalue weighted by Gasteiger charge is 2.19. The minimum Gasteiger partial charge on any atom is -0.383 e. The van der Waals surface area contributed by atoms with Crippen LogP contribution in [-0.2, 0) is 6.54 Å². The molecular weight excluding hydrogens is 348 g/mol. The highest BCUT2D eigenvalue weighted by molar-refractivity contribution is 9.10. The number of anilines is 1. The molecule has 0 aliphatic heterocycles. The van der Waals surface area contributed by atoms with Gasteiger partial charge in [0.1, 0.15) is 21.7 Å². The fourth-order valence-electron chi connectivity index (χ4n) is 1.73. The van der Waals surface area contributed by atoms with E-state index in [2.05, 4.69) is 31.0 Å². The van der Waals surface area contributed by atoms with Crippen molar-refractivity contribution in [3.8, 4) is 0 Å². The van der Waals surface area contributed by atoms with Crippen molar-refractivity contribution >= 4 is 49.1 Å². The van der Waals surface area contributed by atoms with Crippen LogP contribution in [-0.4, -0.2) is 24.7 Å². The lowest BCUT2D eigenvalue weighted by Gasteiger charge is -2.00. The van der Waals surface area contributed by atoms with Gasteiger partial charge in [0.15, 0.2) is 5.82 Å². The molecule has 20 heavy (non-hydrogen) atoms. The second-order valence-corrected chi connectivity index (χ2v) is 5.67. The Hall–Kier alpha value is -2.07. The molecule has 3 heterocycles. The normalized spacial score (nSPS) is 11.1. The number of nitrogens with zero attached hydrogens (tertiary/aromatic N) is 5. The van der Waals surface area contributed by atoms with Crippen LogP contribution in [0, 0.1) is 10.1 Å². The van der Waals surface area contributed by atoms with Crippen LogP contribution in [0.3, 0.4) is 0 Å². The Bertz CT molecular complexity index is 813. The third-order valence-electron chi connectivity index (χ3n) is 2.58. The second kappa shape index (κ2) is 4.80. The van der Waals surface area contributed by atoms with Crippen molar-refractivity contribution in [2.24, 2.45) is 0 Å². The van der Waals surface area contributed by atoms with Crippen LogP contribution >= 0.6 is 27.3 Å². The molecule has 0 aliphatic carbocycles. The van der Waals surface area contributed by atoms with Gasteiger partial charge in [0, 0.05) is 0 Å². The summed E-state index contributed by atoms with van der Waals surface area (Å²) in [7, 11) is 0. The quantitative estimate of drug-likeness (QED) is 0.569. The zero-order chi connectivity index (χ0) is 14.3. The van der Waals surface area contributed by atoms with Gasteiger partial charge < -0.3 is 15.8 Å². The molecule has 3 aromatic rings. The number of thiophene rings is 1. The van der Waals surface area contributed by atoms with Crippen LogP contribution in [0.4, 0.5) is 11.6 Å². The highest BCUT2D eigenvalue weighted by Crippen LogP contribution is 2.24. The average Bonchev–Trinajstić information content (AvgIpc) is 2.96. The molecule has 102 valence electrons. The van der Waals surface area contributed by atoms with E-state index in [0.29, 0.717) is 16.1 Å². The van der Waals surface area contributed by atoms with Gasteiger partial charge in [-0.1, -0.05) is 0 Å². The molecular formula is C10H7BrN6O2S. The Labute approximate surface area is 124 Å². The molecule has 0 aromatic carbocycles. The van der Waals surface area contributed by atoms with E-state index in [-0.39, 0.29) is 12.4 Å². The summed E-state index contributed by atoms with van der Waals surface area (Å²) in [5.74, 6) is 0.615. The Balaban J connectivity index is 1.96. The largest absolute Gasteiger partial charge is 0.404 e. The highest BCUT2D eigenvalue weighted by atomic mass is 79.9. The Morgan fingerprint density at radius 3 is 3.00 bits per heavy atom. The molecule has 0 amide bonds. The first kappa shape index (κ1) is 12.9. The van der Waals surface area contributed by atoms with Crippen LogP contribution in [0.25, 0.3) is 10.2 Å². The molecule has 0 aliphatic rings. The Kier molecular flexibility index (Phi) is 3.10. The fraction of sp³-hybridized carbons (Fsp3) is 0.100. The first-order chi connectivity index (χ1) is 9.54. The number of halogens is 1. The van der Waals surface area contributed by atoms with Crippen molar-refractivity contribution in [1.82, 2.24) is 19.7 Å². The minimum atomic E-state index is -0.557. The molecule has 10 heteroatoms. The van der Waals surface area contributed by atoms with Crippen LogP contribution in [0.5, 0.6) is 0 Å². The van der Waals surface area contributed by atoms with Gasteiger partial charge in [-0.15, -0.1) is 11.3 Å². The van der Waals surface area contributed by atoms with E-state index >= 15 is 0 Å². The SMILES string of the molecule is Nc1nc(Cn2cc(Br)c([N+](=O)[O-])n2)nc2sccc12. The second-order valence-electron chi connectivity index (χ2n) is 3.92. The van der Waals surface area contributed by atoms with E-state index in [1.807, 2.05) is 11.4 Å². The molecule has 0 unspecified atom stereocenters. The lowest BCUT2D eigenvalue weighted by atomic mass is 10.4. The number of nitro groups is 1. The predicted octanol–water partition coefficient (Wildman–Crippen LogP) is 2.19. The third-order valence-corrected chi connectivity index (χ3v) is 3.94. The molecule has 0 radical (unpaired) electrons. The Morgan fingerprint density at radius 1 is 1.50 bits per heavy atom. The van der Waals surface area contributed by atoms with Gasteiger partial charge in [0.25, 0.3) is 0 Å². The molecule has 0 spiro atoms. The average molecular weight is 355 g/mol. The van der Waals surface area contributed by atoms with Gasteiger partial charge in [-0.2, -0.15) is 4.68 Å². The van der Waals surface area contributed by atoms with Crippen molar-refractivity contribution in [3.63, 3.8) is 0 Å². The molecule has 3 rings (SSSR count). The number of fused-ring (bicyclic) bond motifs is 1. The summed E-state index contributed by atoms with van der Waals surface area (Å²) in [6, 6.07) is 1.86. The van der Waals surface area contributed by atoms with Crippen LogP contribution in [0.2, 0.25) is 0 Å². The topological polar surface area (TPSA) is 113 Å². The summed E-state index contributed by atoms with van der Waals surface area (Å²) in [4.78, 5) is 19.5. The van der Waals surface area contributed by atoms with Gasteiger partial charge in [-0.05, 0) is 32.3 Å². The monoisotopic (exact) mass is 354 g/mol.